The Morgan fingerprint density at radius 3 is 2.21 bits per heavy atom. The number of nitrogens with one attached hydrogen (secondary N) is 2. The first-order valence-electron chi connectivity index (χ1n) is 5.55. The smallest absolute Gasteiger partial charge is 0.347 e. The Morgan fingerprint density at radius 1 is 1.21 bits per heavy atom. The van der Waals surface area contributed by atoms with Crippen LogP contribution in [0.2, 0.25) is 0 Å². The van der Waals surface area contributed by atoms with E-state index in [-0.39, 0.29) is 11.3 Å². The van der Waals surface area contributed by atoms with Crippen molar-refractivity contribution in [3.05, 3.63) is 29.3 Å². The summed E-state index contributed by atoms with van der Waals surface area (Å²) in [4.78, 5) is 11.8. The molecular weight excluding hydrogens is 259 g/mol. The van der Waals surface area contributed by atoms with Gasteiger partial charge in [0.05, 0.1) is 11.3 Å². The van der Waals surface area contributed by atoms with Gasteiger partial charge in [0.2, 0.25) is 0 Å². The van der Waals surface area contributed by atoms with E-state index in [1.165, 1.54) is 6.07 Å². The van der Waals surface area contributed by atoms with Crippen LogP contribution in [0.3, 0.4) is 0 Å². The number of benzene rings is 1. The van der Waals surface area contributed by atoms with Crippen LogP contribution in [0.4, 0.5) is 18.9 Å². The van der Waals surface area contributed by atoms with Crippen molar-refractivity contribution in [2.24, 2.45) is 5.84 Å². The van der Waals surface area contributed by atoms with Crippen LogP contribution in [-0.2, 0) is 6.18 Å². The van der Waals surface area contributed by atoms with E-state index in [1.54, 1.807) is 20.8 Å². The van der Waals surface area contributed by atoms with Gasteiger partial charge in [-0.25, -0.2) is 0 Å². The molecule has 19 heavy (non-hydrogen) atoms. The molecular formula is C12H16F3N3O. The predicted octanol–water partition coefficient (Wildman–Crippen LogP) is 2.52. The third-order valence-corrected chi connectivity index (χ3v) is 2.23. The number of carbonyl (C=O) groups is 1. The molecule has 0 radical (unpaired) electrons. The van der Waals surface area contributed by atoms with Crippen molar-refractivity contribution in [3.8, 4) is 0 Å². The van der Waals surface area contributed by atoms with Crippen LogP contribution in [0.1, 0.15) is 36.7 Å². The zero-order valence-electron chi connectivity index (χ0n) is 10.9. The van der Waals surface area contributed by atoms with Crippen LogP contribution in [0.15, 0.2) is 18.2 Å². The first kappa shape index (κ1) is 15.3. The zero-order valence-corrected chi connectivity index (χ0v) is 10.9. The molecule has 0 spiro atoms. The molecule has 1 amide bonds. The van der Waals surface area contributed by atoms with Gasteiger partial charge in [0.25, 0.3) is 5.91 Å². The summed E-state index contributed by atoms with van der Waals surface area (Å²) in [5, 5.41) is 2.59. The van der Waals surface area contributed by atoms with E-state index in [1.807, 2.05) is 5.43 Å². The number of hydrogen-bond acceptors (Lipinski definition) is 3. The second kappa shape index (κ2) is 5.08. The van der Waals surface area contributed by atoms with Crippen molar-refractivity contribution in [1.29, 1.82) is 0 Å². The maximum absolute atomic E-state index is 12.8. The molecule has 1 rings (SSSR count). The number of amides is 1. The van der Waals surface area contributed by atoms with Gasteiger partial charge in [0, 0.05) is 11.1 Å². The fraction of sp³-hybridized carbons (Fsp3) is 0.417. The van der Waals surface area contributed by atoms with Crippen LogP contribution >= 0.6 is 0 Å². The quantitative estimate of drug-likeness (QED) is 0.574. The SMILES string of the molecule is CC(C)(C)NC(=O)c1ccc(NN)c(C(F)(F)F)c1. The Bertz CT molecular complexity index is 478. The molecule has 0 fully saturated rings. The second-order valence-electron chi connectivity index (χ2n) is 5.11. The lowest BCUT2D eigenvalue weighted by atomic mass is 10.0. The number of anilines is 1. The van der Waals surface area contributed by atoms with Gasteiger partial charge >= 0.3 is 6.18 Å². The van der Waals surface area contributed by atoms with Crippen molar-refractivity contribution in [2.45, 2.75) is 32.5 Å². The second-order valence-corrected chi connectivity index (χ2v) is 5.11. The minimum atomic E-state index is -4.58. The lowest BCUT2D eigenvalue weighted by Crippen LogP contribution is -2.40. The number of alkyl halides is 3. The number of hydrogen-bond donors (Lipinski definition) is 3. The van der Waals surface area contributed by atoms with Gasteiger partial charge in [-0.1, -0.05) is 0 Å². The molecule has 0 unspecified atom stereocenters. The van der Waals surface area contributed by atoms with Crippen molar-refractivity contribution < 1.29 is 18.0 Å². The molecule has 0 aliphatic rings. The van der Waals surface area contributed by atoms with E-state index in [2.05, 4.69) is 5.32 Å². The van der Waals surface area contributed by atoms with Crippen molar-refractivity contribution >= 4 is 11.6 Å². The molecule has 7 heteroatoms. The van der Waals surface area contributed by atoms with E-state index >= 15 is 0 Å². The Morgan fingerprint density at radius 2 is 1.79 bits per heavy atom. The maximum atomic E-state index is 12.8. The van der Waals surface area contributed by atoms with E-state index in [4.69, 9.17) is 5.84 Å². The van der Waals surface area contributed by atoms with E-state index < -0.39 is 23.2 Å². The number of rotatable bonds is 2. The molecule has 0 heterocycles. The topological polar surface area (TPSA) is 67.2 Å². The van der Waals surface area contributed by atoms with Crippen molar-refractivity contribution in [1.82, 2.24) is 5.32 Å². The minimum absolute atomic E-state index is 0.0683. The van der Waals surface area contributed by atoms with Crippen molar-refractivity contribution in [2.75, 3.05) is 5.43 Å². The Labute approximate surface area is 109 Å². The van der Waals surface area contributed by atoms with Gasteiger partial charge in [-0.2, -0.15) is 13.2 Å². The minimum Gasteiger partial charge on any atom is -0.347 e. The Balaban J connectivity index is 3.16. The number of carbonyl (C=O) groups excluding carboxylic acids is 1. The highest BCUT2D eigenvalue weighted by Gasteiger charge is 2.34. The van der Waals surface area contributed by atoms with Crippen LogP contribution < -0.4 is 16.6 Å². The number of halogens is 3. The monoisotopic (exact) mass is 275 g/mol. The molecule has 0 atom stereocenters. The number of nitrogen functional groups attached to an aromatic ring is 1. The molecule has 0 aliphatic heterocycles. The van der Waals surface area contributed by atoms with E-state index in [9.17, 15) is 18.0 Å². The predicted molar refractivity (Wildman–Crippen MR) is 66.5 cm³/mol. The van der Waals surface area contributed by atoms with E-state index in [0.29, 0.717) is 0 Å². The zero-order chi connectivity index (χ0) is 14.8. The van der Waals surface area contributed by atoms with Crippen LogP contribution in [0.5, 0.6) is 0 Å². The first-order valence-corrected chi connectivity index (χ1v) is 5.55. The fourth-order valence-electron chi connectivity index (χ4n) is 1.46. The van der Waals surface area contributed by atoms with Gasteiger partial charge in [0.1, 0.15) is 0 Å². The Hall–Kier alpha value is -1.76. The van der Waals surface area contributed by atoms with Crippen LogP contribution in [0, 0.1) is 0 Å². The summed E-state index contributed by atoms with van der Waals surface area (Å²) >= 11 is 0. The fourth-order valence-corrected chi connectivity index (χ4v) is 1.46. The average Bonchev–Trinajstić information content (AvgIpc) is 2.24. The highest BCUT2D eigenvalue weighted by molar-refractivity contribution is 5.95. The maximum Gasteiger partial charge on any atom is 0.418 e. The largest absolute Gasteiger partial charge is 0.418 e. The van der Waals surface area contributed by atoms with Crippen LogP contribution in [-0.4, -0.2) is 11.4 Å². The number of nitrogens with two attached hydrogens (primary N) is 1. The molecule has 4 nitrogen and oxygen atoms in total. The van der Waals surface area contributed by atoms with Gasteiger partial charge in [-0.15, -0.1) is 0 Å². The van der Waals surface area contributed by atoms with Gasteiger partial charge in [0.15, 0.2) is 0 Å². The van der Waals surface area contributed by atoms with Gasteiger partial charge in [-0.3, -0.25) is 10.6 Å². The summed E-state index contributed by atoms with van der Waals surface area (Å²) in [5.41, 5.74) is 0.116. The highest BCUT2D eigenvalue weighted by atomic mass is 19.4. The summed E-state index contributed by atoms with van der Waals surface area (Å²) in [7, 11) is 0. The average molecular weight is 275 g/mol. The molecule has 0 saturated carbocycles. The molecule has 0 bridgehead atoms. The molecule has 0 aliphatic carbocycles. The van der Waals surface area contributed by atoms with Crippen LogP contribution in [0.25, 0.3) is 0 Å². The van der Waals surface area contributed by atoms with Gasteiger partial charge < -0.3 is 10.7 Å². The third-order valence-electron chi connectivity index (χ3n) is 2.23. The van der Waals surface area contributed by atoms with E-state index in [0.717, 1.165) is 12.1 Å². The Kier molecular flexibility index (Phi) is 4.09. The molecule has 106 valence electrons. The summed E-state index contributed by atoms with van der Waals surface area (Å²) in [6.07, 6.45) is -4.58. The highest BCUT2D eigenvalue weighted by Crippen LogP contribution is 2.35. The third kappa shape index (κ3) is 4.13. The normalized spacial score (nSPS) is 12.2. The molecule has 0 saturated heterocycles. The summed E-state index contributed by atoms with van der Waals surface area (Å²) in [6.45, 7) is 5.22. The molecule has 4 N–H and O–H groups in total. The first-order chi connectivity index (χ1) is 8.54. The summed E-state index contributed by atoms with van der Waals surface area (Å²) < 4.78 is 38.4. The number of hydrazine groups is 1. The lowest BCUT2D eigenvalue weighted by Gasteiger charge is -2.21. The standard InChI is InChI=1S/C12H16F3N3O/c1-11(2,3)17-10(19)7-4-5-9(18-16)8(6-7)12(13,14)15/h4-6,18H,16H2,1-3H3,(H,17,19). The van der Waals surface area contributed by atoms with Gasteiger partial charge in [-0.05, 0) is 39.0 Å². The summed E-state index contributed by atoms with van der Waals surface area (Å²) in [5.74, 6) is 4.46. The molecule has 1 aromatic carbocycles. The molecule has 0 aromatic heterocycles. The summed E-state index contributed by atoms with van der Waals surface area (Å²) in [6, 6.07) is 3.18. The lowest BCUT2D eigenvalue weighted by molar-refractivity contribution is -0.137. The van der Waals surface area contributed by atoms with Crippen molar-refractivity contribution in [3.63, 3.8) is 0 Å². The molecule has 1 aromatic rings.